The monoisotopic (exact) mass is 198 g/mol. The van der Waals surface area contributed by atoms with Crippen molar-refractivity contribution in [2.24, 2.45) is 0 Å². The van der Waals surface area contributed by atoms with Gasteiger partial charge in [0.1, 0.15) is 0 Å². The van der Waals surface area contributed by atoms with Crippen molar-refractivity contribution >= 4 is 0 Å². The lowest BCUT2D eigenvalue weighted by molar-refractivity contribution is 0.579. The molecule has 2 nitrogen and oxygen atoms in total. The van der Waals surface area contributed by atoms with Crippen LogP contribution in [-0.2, 0) is 6.42 Å². The second-order valence-electron chi connectivity index (χ2n) is 4.21. The van der Waals surface area contributed by atoms with Crippen molar-refractivity contribution in [3.63, 3.8) is 0 Å². The zero-order chi connectivity index (χ0) is 10.3. The molecule has 0 saturated heterocycles. The zero-order valence-electron chi connectivity index (χ0n) is 8.85. The molecule has 3 rings (SSSR count). The summed E-state index contributed by atoms with van der Waals surface area (Å²) < 4.78 is 2.21. The van der Waals surface area contributed by atoms with Gasteiger partial charge in [0.2, 0.25) is 0 Å². The number of aryl methyl sites for hydroxylation is 1. The first-order valence-corrected chi connectivity index (χ1v) is 5.42. The van der Waals surface area contributed by atoms with Gasteiger partial charge in [0.05, 0.1) is 12.4 Å². The summed E-state index contributed by atoms with van der Waals surface area (Å²) in [6.45, 7) is 2.20. The highest BCUT2D eigenvalue weighted by molar-refractivity contribution is 5.40. The number of hydrogen-bond acceptors (Lipinski definition) is 1. The normalized spacial score (nSPS) is 19.1. The Morgan fingerprint density at radius 3 is 3.13 bits per heavy atom. The summed E-state index contributed by atoms with van der Waals surface area (Å²) in [6, 6.07) is 7.11. The van der Waals surface area contributed by atoms with Gasteiger partial charge >= 0.3 is 0 Å². The van der Waals surface area contributed by atoms with Crippen LogP contribution >= 0.6 is 0 Å². The van der Waals surface area contributed by atoms with Gasteiger partial charge in [-0.3, -0.25) is 0 Å². The molecule has 0 amide bonds. The molecule has 1 unspecified atom stereocenters. The van der Waals surface area contributed by atoms with Gasteiger partial charge in [-0.1, -0.05) is 18.2 Å². The van der Waals surface area contributed by atoms with Gasteiger partial charge in [0.25, 0.3) is 0 Å². The summed E-state index contributed by atoms with van der Waals surface area (Å²) in [7, 11) is 0. The standard InChI is InChI=1S/C13H14N2/c1-10-3-2-4-12-11(10)5-6-13(12)15-8-7-14-9-15/h2-4,7-9,13H,5-6H2,1H3. The number of benzene rings is 1. The summed E-state index contributed by atoms with van der Waals surface area (Å²) in [5.74, 6) is 0. The number of fused-ring (bicyclic) bond motifs is 1. The van der Waals surface area contributed by atoms with Crippen molar-refractivity contribution in [3.8, 4) is 0 Å². The van der Waals surface area contributed by atoms with Crippen molar-refractivity contribution in [2.75, 3.05) is 0 Å². The van der Waals surface area contributed by atoms with Crippen molar-refractivity contribution in [3.05, 3.63) is 53.6 Å². The predicted octanol–water partition coefficient (Wildman–Crippen LogP) is 2.73. The van der Waals surface area contributed by atoms with E-state index in [1.54, 1.807) is 0 Å². The van der Waals surface area contributed by atoms with Gasteiger partial charge in [-0.25, -0.2) is 4.98 Å². The van der Waals surface area contributed by atoms with E-state index in [1.807, 2.05) is 12.5 Å². The molecule has 0 saturated carbocycles. The first-order chi connectivity index (χ1) is 7.36. The number of imidazole rings is 1. The highest BCUT2D eigenvalue weighted by Gasteiger charge is 2.24. The van der Waals surface area contributed by atoms with Gasteiger partial charge in [-0.15, -0.1) is 0 Å². The molecule has 2 aromatic rings. The summed E-state index contributed by atoms with van der Waals surface area (Å²) in [6.07, 6.45) is 8.24. The largest absolute Gasteiger partial charge is 0.330 e. The molecular formula is C13H14N2. The SMILES string of the molecule is Cc1cccc2c1CCC2n1ccnc1. The minimum Gasteiger partial charge on any atom is -0.330 e. The molecule has 2 heteroatoms. The van der Waals surface area contributed by atoms with Crippen LogP contribution in [0.1, 0.15) is 29.2 Å². The number of rotatable bonds is 1. The van der Waals surface area contributed by atoms with Crippen LogP contribution in [0.5, 0.6) is 0 Å². The van der Waals surface area contributed by atoms with Gasteiger partial charge < -0.3 is 4.57 Å². The van der Waals surface area contributed by atoms with E-state index in [0.717, 1.165) is 0 Å². The van der Waals surface area contributed by atoms with Gasteiger partial charge in [-0.2, -0.15) is 0 Å². The Labute approximate surface area is 89.6 Å². The third kappa shape index (κ3) is 1.29. The fraction of sp³-hybridized carbons (Fsp3) is 0.308. The van der Waals surface area contributed by atoms with E-state index in [4.69, 9.17) is 0 Å². The van der Waals surface area contributed by atoms with Crippen LogP contribution in [0, 0.1) is 6.92 Å². The van der Waals surface area contributed by atoms with Crippen LogP contribution in [0.15, 0.2) is 36.9 Å². The molecule has 0 fully saturated rings. The van der Waals surface area contributed by atoms with Crippen LogP contribution in [-0.4, -0.2) is 9.55 Å². The first-order valence-electron chi connectivity index (χ1n) is 5.42. The Morgan fingerprint density at radius 2 is 2.33 bits per heavy atom. The Hall–Kier alpha value is -1.57. The number of aromatic nitrogens is 2. The molecule has 0 spiro atoms. The topological polar surface area (TPSA) is 17.8 Å². The lowest BCUT2D eigenvalue weighted by Crippen LogP contribution is -2.04. The molecule has 0 aliphatic heterocycles. The van der Waals surface area contributed by atoms with E-state index in [9.17, 15) is 0 Å². The third-order valence-electron chi connectivity index (χ3n) is 3.36. The van der Waals surface area contributed by atoms with Gasteiger partial charge in [-0.05, 0) is 36.5 Å². The third-order valence-corrected chi connectivity index (χ3v) is 3.36. The lowest BCUT2D eigenvalue weighted by Gasteiger charge is -2.13. The minimum atomic E-state index is 0.502. The Morgan fingerprint density at radius 1 is 1.40 bits per heavy atom. The molecule has 1 heterocycles. The lowest BCUT2D eigenvalue weighted by atomic mass is 10.0. The fourth-order valence-electron chi connectivity index (χ4n) is 2.58. The molecule has 0 bridgehead atoms. The molecule has 1 aliphatic carbocycles. The van der Waals surface area contributed by atoms with E-state index in [-0.39, 0.29) is 0 Å². The quantitative estimate of drug-likeness (QED) is 0.689. The molecule has 0 N–H and O–H groups in total. The van der Waals surface area contributed by atoms with Crippen molar-refractivity contribution < 1.29 is 0 Å². The molecule has 1 atom stereocenters. The summed E-state index contributed by atoms with van der Waals surface area (Å²) in [4.78, 5) is 4.13. The maximum Gasteiger partial charge on any atom is 0.0951 e. The van der Waals surface area contributed by atoms with Crippen molar-refractivity contribution in [1.29, 1.82) is 0 Å². The maximum absolute atomic E-state index is 4.13. The van der Waals surface area contributed by atoms with Crippen LogP contribution in [0.2, 0.25) is 0 Å². The number of nitrogens with zero attached hydrogens (tertiary/aromatic N) is 2. The van der Waals surface area contributed by atoms with E-state index in [0.29, 0.717) is 6.04 Å². The van der Waals surface area contributed by atoms with Crippen LogP contribution in [0.25, 0.3) is 0 Å². The second-order valence-corrected chi connectivity index (χ2v) is 4.21. The summed E-state index contributed by atoms with van der Waals surface area (Å²) in [5, 5.41) is 0. The molecular weight excluding hydrogens is 184 g/mol. The summed E-state index contributed by atoms with van der Waals surface area (Å²) >= 11 is 0. The Kier molecular flexibility index (Phi) is 1.88. The smallest absolute Gasteiger partial charge is 0.0951 e. The van der Waals surface area contributed by atoms with Gasteiger partial charge in [0, 0.05) is 12.4 Å². The average Bonchev–Trinajstić information content (AvgIpc) is 2.85. The Balaban J connectivity index is 2.09. The van der Waals surface area contributed by atoms with E-state index < -0.39 is 0 Å². The highest BCUT2D eigenvalue weighted by atomic mass is 15.1. The average molecular weight is 198 g/mol. The molecule has 1 aromatic heterocycles. The van der Waals surface area contributed by atoms with Crippen LogP contribution in [0.4, 0.5) is 0 Å². The fourth-order valence-corrected chi connectivity index (χ4v) is 2.58. The van der Waals surface area contributed by atoms with Gasteiger partial charge in [0.15, 0.2) is 0 Å². The zero-order valence-corrected chi connectivity index (χ0v) is 8.85. The van der Waals surface area contributed by atoms with Crippen molar-refractivity contribution in [1.82, 2.24) is 9.55 Å². The van der Waals surface area contributed by atoms with E-state index in [1.165, 1.54) is 29.5 Å². The maximum atomic E-state index is 4.13. The first kappa shape index (κ1) is 8.72. The van der Waals surface area contributed by atoms with E-state index >= 15 is 0 Å². The molecule has 76 valence electrons. The van der Waals surface area contributed by atoms with Crippen LogP contribution < -0.4 is 0 Å². The Bertz CT molecular complexity index is 471. The molecule has 1 aliphatic rings. The molecule has 0 radical (unpaired) electrons. The molecule has 15 heavy (non-hydrogen) atoms. The van der Waals surface area contributed by atoms with Crippen molar-refractivity contribution in [2.45, 2.75) is 25.8 Å². The highest BCUT2D eigenvalue weighted by Crippen LogP contribution is 2.35. The van der Waals surface area contributed by atoms with E-state index in [2.05, 4.69) is 40.9 Å². The van der Waals surface area contributed by atoms with Crippen LogP contribution in [0.3, 0.4) is 0 Å². The summed E-state index contributed by atoms with van der Waals surface area (Å²) in [5.41, 5.74) is 4.44. The second kappa shape index (κ2) is 3.23. The molecule has 1 aromatic carbocycles. The predicted molar refractivity (Wildman–Crippen MR) is 59.9 cm³/mol. The minimum absolute atomic E-state index is 0.502. The number of hydrogen-bond donors (Lipinski definition) is 0.